The Morgan fingerprint density at radius 2 is 0.885 bits per heavy atom. The van der Waals surface area contributed by atoms with E-state index >= 15 is 0 Å². The second-order valence-electron chi connectivity index (χ2n) is 6.72. The van der Waals surface area contributed by atoms with E-state index < -0.39 is 86.5 Å². The molecule has 26 heavy (non-hydrogen) atoms. The van der Waals surface area contributed by atoms with Crippen LogP contribution in [-0.2, 0) is 9.47 Å². The fourth-order valence-electron chi connectivity index (χ4n) is 3.21. The van der Waals surface area contributed by atoms with Crippen molar-refractivity contribution in [2.45, 2.75) is 73.2 Å². The SMILES string of the molecule is OC[C@H]1O[C@](O)(CC[C@@]2(O)O[C@H](CO)[C@@H](O)[C@H](O)[C@@H]2O)[C@@H](O)[C@@H](O)[C@@H]1O. The molecule has 2 aliphatic rings. The number of hydrogen-bond donors (Lipinski definition) is 10. The molecule has 154 valence electrons. The predicted molar refractivity (Wildman–Crippen MR) is 79.1 cm³/mol. The second-order valence-corrected chi connectivity index (χ2v) is 6.72. The van der Waals surface area contributed by atoms with Crippen molar-refractivity contribution in [3.05, 3.63) is 0 Å². The molecule has 12 nitrogen and oxygen atoms in total. The van der Waals surface area contributed by atoms with Crippen LogP contribution >= 0.6 is 0 Å². The van der Waals surface area contributed by atoms with Gasteiger partial charge in [-0.2, -0.15) is 0 Å². The van der Waals surface area contributed by atoms with Crippen molar-refractivity contribution in [3.63, 3.8) is 0 Å². The molecule has 0 aromatic heterocycles. The molecule has 2 heterocycles. The Bertz CT molecular complexity index is 433. The fraction of sp³-hybridized carbons (Fsp3) is 1.00. The minimum Gasteiger partial charge on any atom is -0.394 e. The van der Waals surface area contributed by atoms with Crippen LogP contribution in [0.1, 0.15) is 12.8 Å². The van der Waals surface area contributed by atoms with E-state index in [0.717, 1.165) is 0 Å². The minimum absolute atomic E-state index is 0.664. The van der Waals surface area contributed by atoms with Gasteiger partial charge < -0.3 is 60.5 Å². The molecule has 0 radical (unpaired) electrons. The van der Waals surface area contributed by atoms with Crippen LogP contribution < -0.4 is 0 Å². The van der Waals surface area contributed by atoms with Crippen LogP contribution in [0.2, 0.25) is 0 Å². The van der Waals surface area contributed by atoms with Crippen LogP contribution in [0, 0.1) is 0 Å². The summed E-state index contributed by atoms with van der Waals surface area (Å²) < 4.78 is 10.1. The van der Waals surface area contributed by atoms with Gasteiger partial charge in [0.1, 0.15) is 48.8 Å². The molecule has 0 aromatic rings. The molecule has 0 amide bonds. The van der Waals surface area contributed by atoms with E-state index in [9.17, 15) is 40.9 Å². The Kier molecular flexibility index (Phi) is 6.60. The van der Waals surface area contributed by atoms with Crippen molar-refractivity contribution in [1.82, 2.24) is 0 Å². The average molecular weight is 386 g/mol. The van der Waals surface area contributed by atoms with Gasteiger partial charge in [0, 0.05) is 12.8 Å². The highest BCUT2D eigenvalue weighted by atomic mass is 16.7. The van der Waals surface area contributed by atoms with E-state index in [4.69, 9.17) is 19.7 Å². The van der Waals surface area contributed by atoms with Crippen molar-refractivity contribution in [2.24, 2.45) is 0 Å². The molecule has 0 spiro atoms. The number of ether oxygens (including phenoxy) is 2. The van der Waals surface area contributed by atoms with Crippen LogP contribution in [0.4, 0.5) is 0 Å². The highest BCUT2D eigenvalue weighted by Gasteiger charge is 2.56. The van der Waals surface area contributed by atoms with Crippen molar-refractivity contribution >= 4 is 0 Å². The standard InChI is InChI=1S/C14H26O12/c15-3-5-7(17)9(19)11(21)13(23,25-5)1-2-14(24)12(22)10(20)8(18)6(4-16)26-14/h5-12,15-24H,1-4H2/t5-,6-,7-,8-,9+,10+,11+,12+,13-,14-/m1/s1. The molecular weight excluding hydrogens is 360 g/mol. The van der Waals surface area contributed by atoms with Gasteiger partial charge in [-0.25, -0.2) is 0 Å². The lowest BCUT2D eigenvalue weighted by atomic mass is 9.85. The van der Waals surface area contributed by atoms with Crippen LogP contribution in [0.15, 0.2) is 0 Å². The molecule has 0 aliphatic carbocycles. The van der Waals surface area contributed by atoms with E-state index in [1.807, 2.05) is 0 Å². The molecule has 0 aromatic carbocycles. The highest BCUT2D eigenvalue weighted by molar-refractivity contribution is 5.00. The quantitative estimate of drug-likeness (QED) is 0.213. The van der Waals surface area contributed by atoms with E-state index in [1.54, 1.807) is 0 Å². The predicted octanol–water partition coefficient (Wildman–Crippen LogP) is -5.91. The van der Waals surface area contributed by atoms with Crippen molar-refractivity contribution in [2.75, 3.05) is 13.2 Å². The van der Waals surface area contributed by atoms with Crippen LogP contribution in [-0.4, -0.2) is 125 Å². The maximum absolute atomic E-state index is 10.4. The first kappa shape index (κ1) is 21.8. The van der Waals surface area contributed by atoms with Gasteiger partial charge in [-0.1, -0.05) is 0 Å². The van der Waals surface area contributed by atoms with E-state index in [-0.39, 0.29) is 0 Å². The average Bonchev–Trinajstić information content (AvgIpc) is 2.63. The molecule has 2 rings (SSSR count). The van der Waals surface area contributed by atoms with Gasteiger partial charge in [0.15, 0.2) is 11.6 Å². The van der Waals surface area contributed by atoms with Crippen LogP contribution in [0.5, 0.6) is 0 Å². The Morgan fingerprint density at radius 1 is 0.577 bits per heavy atom. The van der Waals surface area contributed by atoms with E-state index in [1.165, 1.54) is 0 Å². The highest BCUT2D eigenvalue weighted by Crippen LogP contribution is 2.37. The first-order valence-electron chi connectivity index (χ1n) is 8.11. The molecule has 0 unspecified atom stereocenters. The molecule has 10 atom stereocenters. The van der Waals surface area contributed by atoms with Gasteiger partial charge in [0.25, 0.3) is 0 Å². The summed E-state index contributed by atoms with van der Waals surface area (Å²) in [7, 11) is 0. The summed E-state index contributed by atoms with van der Waals surface area (Å²) in [5.74, 6) is -5.05. The molecule has 2 fully saturated rings. The number of aliphatic hydroxyl groups is 10. The summed E-state index contributed by atoms with van der Waals surface area (Å²) in [6.07, 6.45) is -15.3. The first-order valence-corrected chi connectivity index (χ1v) is 8.11. The van der Waals surface area contributed by atoms with Gasteiger partial charge in [0.2, 0.25) is 0 Å². The summed E-state index contributed by atoms with van der Waals surface area (Å²) in [4.78, 5) is 0. The molecule has 2 saturated heterocycles. The minimum atomic E-state index is -2.53. The third-order valence-corrected chi connectivity index (χ3v) is 4.95. The number of hydrogen-bond acceptors (Lipinski definition) is 12. The van der Waals surface area contributed by atoms with E-state index in [0.29, 0.717) is 0 Å². The second kappa shape index (κ2) is 7.87. The number of aliphatic hydroxyl groups excluding tert-OH is 8. The Labute approximate surface area is 148 Å². The van der Waals surface area contributed by atoms with E-state index in [2.05, 4.69) is 0 Å². The zero-order valence-corrected chi connectivity index (χ0v) is 13.7. The zero-order chi connectivity index (χ0) is 19.9. The normalized spacial score (nSPS) is 52.8. The van der Waals surface area contributed by atoms with Gasteiger partial charge in [-0.3, -0.25) is 0 Å². The van der Waals surface area contributed by atoms with Crippen molar-refractivity contribution in [1.29, 1.82) is 0 Å². The lowest BCUT2D eigenvalue weighted by Crippen LogP contribution is -2.67. The van der Waals surface area contributed by atoms with Gasteiger partial charge in [0.05, 0.1) is 13.2 Å². The molecule has 10 N–H and O–H groups in total. The van der Waals surface area contributed by atoms with Crippen molar-refractivity contribution < 1.29 is 60.5 Å². The summed E-state index contributed by atoms with van der Waals surface area (Å²) in [5, 5.41) is 98.0. The topological polar surface area (TPSA) is 221 Å². The Hall–Kier alpha value is -0.480. The summed E-state index contributed by atoms with van der Waals surface area (Å²) >= 11 is 0. The summed E-state index contributed by atoms with van der Waals surface area (Å²) in [6.45, 7) is -1.57. The summed E-state index contributed by atoms with van der Waals surface area (Å²) in [5.41, 5.74) is 0. The maximum atomic E-state index is 10.4. The lowest BCUT2D eigenvalue weighted by Gasteiger charge is -2.48. The Morgan fingerprint density at radius 3 is 1.15 bits per heavy atom. The molecule has 12 heteroatoms. The maximum Gasteiger partial charge on any atom is 0.195 e. The van der Waals surface area contributed by atoms with Crippen LogP contribution in [0.25, 0.3) is 0 Å². The third kappa shape index (κ3) is 3.73. The fourth-order valence-corrected chi connectivity index (χ4v) is 3.21. The summed E-state index contributed by atoms with van der Waals surface area (Å²) in [6, 6.07) is 0. The largest absolute Gasteiger partial charge is 0.394 e. The third-order valence-electron chi connectivity index (χ3n) is 4.95. The van der Waals surface area contributed by atoms with Crippen molar-refractivity contribution in [3.8, 4) is 0 Å². The van der Waals surface area contributed by atoms with Gasteiger partial charge >= 0.3 is 0 Å². The first-order chi connectivity index (χ1) is 12.0. The molecule has 0 bridgehead atoms. The zero-order valence-electron chi connectivity index (χ0n) is 13.7. The molecule has 0 saturated carbocycles. The lowest BCUT2D eigenvalue weighted by molar-refractivity contribution is -0.375. The molecular formula is C14H26O12. The Balaban J connectivity index is 2.14. The number of rotatable bonds is 5. The van der Waals surface area contributed by atoms with Gasteiger partial charge in [-0.15, -0.1) is 0 Å². The monoisotopic (exact) mass is 386 g/mol. The van der Waals surface area contributed by atoms with Crippen LogP contribution in [0.3, 0.4) is 0 Å². The van der Waals surface area contributed by atoms with Gasteiger partial charge in [-0.05, 0) is 0 Å². The molecule has 2 aliphatic heterocycles. The smallest absolute Gasteiger partial charge is 0.195 e.